The van der Waals surface area contributed by atoms with Crippen molar-refractivity contribution in [3.63, 3.8) is 0 Å². The number of carbonyl (C=O) groups is 2. The van der Waals surface area contributed by atoms with Gasteiger partial charge >= 0.3 is 11.9 Å². The van der Waals surface area contributed by atoms with E-state index < -0.39 is 0 Å². The van der Waals surface area contributed by atoms with E-state index >= 15 is 0 Å². The molecule has 0 radical (unpaired) electrons. The maximum Gasteiger partial charge on any atom is 0.338 e. The molecule has 0 heterocycles. The molecule has 3 aromatic rings. The largest absolute Gasteiger partial charge is 0.461 e. The number of hydrogen-bond acceptors (Lipinski definition) is 4. The maximum absolute atomic E-state index is 12.1. The molecule has 0 aliphatic heterocycles. The Morgan fingerprint density at radius 2 is 0.853 bits per heavy atom. The molecule has 0 aliphatic carbocycles. The molecule has 0 saturated heterocycles. The van der Waals surface area contributed by atoms with Crippen LogP contribution in [0.4, 0.5) is 0 Å². The van der Waals surface area contributed by atoms with Gasteiger partial charge in [0.05, 0.1) is 21.9 Å². The summed E-state index contributed by atoms with van der Waals surface area (Å²) in [5.74, 6) is -0.748. The molecule has 2 atom stereocenters. The summed E-state index contributed by atoms with van der Waals surface area (Å²) in [4.78, 5) is 24.3. The van der Waals surface area contributed by atoms with E-state index in [2.05, 4.69) is 0 Å². The Bertz CT molecular complexity index is 988. The molecular weight excluding hydrogens is 471 g/mol. The monoisotopic (exact) mass is 498 g/mol. The summed E-state index contributed by atoms with van der Waals surface area (Å²) in [7, 11) is 0. The van der Waals surface area contributed by atoms with Crippen molar-refractivity contribution in [1.29, 1.82) is 0 Å². The van der Waals surface area contributed by atoms with Crippen LogP contribution in [-0.2, 0) is 9.47 Å². The molecule has 0 aromatic heterocycles. The van der Waals surface area contributed by atoms with E-state index in [1.165, 1.54) is 0 Å². The number of rotatable bonds is 10. The molecule has 0 fully saturated rings. The average molecular weight is 499 g/mol. The van der Waals surface area contributed by atoms with Crippen LogP contribution >= 0.6 is 23.2 Å². The van der Waals surface area contributed by atoms with Crippen molar-refractivity contribution in [2.24, 2.45) is 0 Å². The van der Waals surface area contributed by atoms with Crippen molar-refractivity contribution < 1.29 is 19.1 Å². The molecule has 178 valence electrons. The van der Waals surface area contributed by atoms with E-state index in [4.69, 9.17) is 32.7 Å². The zero-order valence-corrected chi connectivity index (χ0v) is 20.8. The van der Waals surface area contributed by atoms with E-state index in [1.807, 2.05) is 62.4 Å². The Labute approximate surface area is 210 Å². The molecule has 0 spiro atoms. The highest BCUT2D eigenvalue weighted by atomic mass is 35.5. The first-order valence-corrected chi connectivity index (χ1v) is 12.2. The third-order valence-corrected chi connectivity index (χ3v) is 6.34. The van der Waals surface area contributed by atoms with Gasteiger partial charge in [-0.3, -0.25) is 0 Å². The van der Waals surface area contributed by atoms with Crippen molar-refractivity contribution in [2.75, 3.05) is 13.2 Å². The van der Waals surface area contributed by atoms with Crippen molar-refractivity contribution >= 4 is 35.1 Å². The van der Waals surface area contributed by atoms with Gasteiger partial charge in [0.25, 0.3) is 0 Å². The molecule has 3 aromatic carbocycles. The van der Waals surface area contributed by atoms with Crippen LogP contribution in [0.15, 0.2) is 72.8 Å². The van der Waals surface area contributed by atoms with Gasteiger partial charge in [0, 0.05) is 0 Å². The summed E-state index contributed by atoms with van der Waals surface area (Å²) >= 11 is 12.0. The van der Waals surface area contributed by atoms with Gasteiger partial charge in [0.2, 0.25) is 0 Å². The van der Waals surface area contributed by atoms with Gasteiger partial charge < -0.3 is 9.47 Å². The van der Waals surface area contributed by atoms with E-state index in [0.717, 1.165) is 35.1 Å². The number of halogens is 2. The fraction of sp³-hybridized carbons (Fsp3) is 0.286. The van der Waals surface area contributed by atoms with Gasteiger partial charge in [-0.1, -0.05) is 62.4 Å². The minimum atomic E-state index is -0.374. The van der Waals surface area contributed by atoms with Gasteiger partial charge in [-0.05, 0) is 59.4 Å². The predicted molar refractivity (Wildman–Crippen MR) is 138 cm³/mol. The van der Waals surface area contributed by atoms with Gasteiger partial charge in [-0.2, -0.15) is 0 Å². The first-order chi connectivity index (χ1) is 16.4. The third kappa shape index (κ3) is 7.09. The Morgan fingerprint density at radius 1 is 0.588 bits per heavy atom. The molecule has 0 bridgehead atoms. The zero-order chi connectivity index (χ0) is 24.5. The lowest BCUT2D eigenvalue weighted by atomic mass is 9.99. The van der Waals surface area contributed by atoms with Gasteiger partial charge in [0.15, 0.2) is 0 Å². The zero-order valence-electron chi connectivity index (χ0n) is 19.3. The number of benzene rings is 3. The van der Waals surface area contributed by atoms with Crippen LogP contribution < -0.4 is 0 Å². The van der Waals surface area contributed by atoms with E-state index in [9.17, 15) is 9.59 Å². The Balaban J connectivity index is 1.62. The van der Waals surface area contributed by atoms with Gasteiger partial charge in [0.1, 0.15) is 13.2 Å². The standard InChI is InChI=1S/C28H28Cl2O4/c1-3-25(29)17-33-27(31)23-13-9-21(10-14-23)19-5-7-20(8-6-19)22-11-15-24(16-12-22)28(32)34-18-26(30)4-2/h5-16,25-26H,3-4,17-18H2,1-2H3/t25-,26-/m0/s1. The molecule has 0 unspecified atom stereocenters. The van der Waals surface area contributed by atoms with E-state index in [-0.39, 0.29) is 35.9 Å². The van der Waals surface area contributed by atoms with Crippen LogP contribution in [0.25, 0.3) is 22.3 Å². The number of esters is 2. The fourth-order valence-electron chi connectivity index (χ4n) is 3.19. The van der Waals surface area contributed by atoms with Crippen LogP contribution in [-0.4, -0.2) is 35.9 Å². The Morgan fingerprint density at radius 3 is 1.12 bits per heavy atom. The molecule has 34 heavy (non-hydrogen) atoms. The van der Waals surface area contributed by atoms with Crippen molar-refractivity contribution in [3.8, 4) is 22.3 Å². The smallest absolute Gasteiger partial charge is 0.338 e. The molecule has 6 heteroatoms. The van der Waals surface area contributed by atoms with Gasteiger partial charge in [-0.15, -0.1) is 23.2 Å². The predicted octanol–water partition coefficient (Wildman–Crippen LogP) is 7.37. The average Bonchev–Trinajstić information content (AvgIpc) is 2.90. The normalized spacial score (nSPS) is 12.6. The van der Waals surface area contributed by atoms with E-state index in [1.54, 1.807) is 24.3 Å². The summed E-state index contributed by atoms with van der Waals surface area (Å²) in [5.41, 5.74) is 5.04. The highest BCUT2D eigenvalue weighted by molar-refractivity contribution is 6.21. The van der Waals surface area contributed by atoms with Crippen LogP contribution in [0.5, 0.6) is 0 Å². The lowest BCUT2D eigenvalue weighted by molar-refractivity contribution is 0.0494. The topological polar surface area (TPSA) is 52.6 Å². The van der Waals surface area contributed by atoms with E-state index in [0.29, 0.717) is 11.1 Å². The minimum Gasteiger partial charge on any atom is -0.461 e. The highest BCUT2D eigenvalue weighted by Gasteiger charge is 2.12. The second-order valence-corrected chi connectivity index (χ2v) is 9.17. The van der Waals surface area contributed by atoms with Crippen LogP contribution in [0.3, 0.4) is 0 Å². The second kappa shape index (κ2) is 12.6. The molecule has 0 amide bonds. The summed E-state index contributed by atoms with van der Waals surface area (Å²) in [5, 5.41) is -0.340. The Hall–Kier alpha value is -2.82. The molecule has 3 rings (SSSR count). The minimum absolute atomic E-state index is 0.170. The highest BCUT2D eigenvalue weighted by Crippen LogP contribution is 2.26. The first kappa shape index (κ1) is 25.8. The second-order valence-electron chi connectivity index (χ2n) is 7.94. The van der Waals surface area contributed by atoms with Crippen LogP contribution in [0.1, 0.15) is 47.4 Å². The lowest BCUT2D eigenvalue weighted by Gasteiger charge is -2.10. The molecule has 0 saturated carbocycles. The number of alkyl halides is 2. The molecular formula is C28H28Cl2O4. The third-order valence-electron chi connectivity index (χ3n) is 5.47. The SMILES string of the molecule is CC[C@H](Cl)COC(=O)c1ccc(-c2ccc(-c3ccc(C(=O)OC[C@@H](Cl)CC)cc3)cc2)cc1. The summed E-state index contributed by atoms with van der Waals surface area (Å²) < 4.78 is 10.5. The number of carbonyl (C=O) groups excluding carboxylic acids is 2. The fourth-order valence-corrected chi connectivity index (χ4v) is 3.31. The lowest BCUT2D eigenvalue weighted by Crippen LogP contribution is -2.13. The van der Waals surface area contributed by atoms with Crippen LogP contribution in [0, 0.1) is 0 Å². The summed E-state index contributed by atoms with van der Waals surface area (Å²) in [6, 6.07) is 22.7. The van der Waals surface area contributed by atoms with Crippen LogP contribution in [0.2, 0.25) is 0 Å². The molecule has 0 N–H and O–H groups in total. The van der Waals surface area contributed by atoms with Crippen molar-refractivity contribution in [1.82, 2.24) is 0 Å². The van der Waals surface area contributed by atoms with Gasteiger partial charge in [-0.25, -0.2) is 9.59 Å². The first-order valence-electron chi connectivity index (χ1n) is 11.3. The quantitative estimate of drug-likeness (QED) is 0.216. The molecule has 4 nitrogen and oxygen atoms in total. The van der Waals surface area contributed by atoms with Crippen molar-refractivity contribution in [3.05, 3.63) is 83.9 Å². The summed E-state index contributed by atoms with van der Waals surface area (Å²) in [6.07, 6.45) is 1.49. The number of ether oxygens (including phenoxy) is 2. The van der Waals surface area contributed by atoms with Crippen molar-refractivity contribution in [2.45, 2.75) is 37.4 Å². The molecule has 0 aliphatic rings. The maximum atomic E-state index is 12.1. The Kier molecular flexibility index (Phi) is 9.55. The summed E-state index contributed by atoms with van der Waals surface area (Å²) in [6.45, 7) is 4.30. The number of hydrogen-bond donors (Lipinski definition) is 0.